The van der Waals surface area contributed by atoms with Crippen LogP contribution in [0, 0.1) is 0 Å². The van der Waals surface area contributed by atoms with Gasteiger partial charge in [0.25, 0.3) is 5.91 Å². The standard InChI is InChI=1S/C22H29N3O6S2/c1-3-25-17-11-10-15(21(28)31-4-2)12-18(17)32-22(25)24-20(27)14-33(29,30)13-19(26)23-16-8-6-5-7-9-16/h10-12,16H,3-9,13-14H2,1-2H3,(H,23,26). The number of fused-ring (bicyclic) bond motifs is 1. The fraction of sp³-hybridized carbons (Fsp3) is 0.545. The number of carbonyl (C=O) groups excluding carboxylic acids is 3. The summed E-state index contributed by atoms with van der Waals surface area (Å²) in [7, 11) is -3.95. The molecule has 1 fully saturated rings. The van der Waals surface area contributed by atoms with Gasteiger partial charge in [-0.05, 0) is 44.9 Å². The van der Waals surface area contributed by atoms with Crippen LogP contribution < -0.4 is 10.1 Å². The van der Waals surface area contributed by atoms with Gasteiger partial charge in [-0.3, -0.25) is 9.59 Å². The zero-order valence-electron chi connectivity index (χ0n) is 18.8. The Kier molecular flexibility index (Phi) is 8.41. The first kappa shape index (κ1) is 25.1. The third-order valence-corrected chi connectivity index (χ3v) is 7.83. The predicted octanol–water partition coefficient (Wildman–Crippen LogP) is 2.19. The first-order valence-electron chi connectivity index (χ1n) is 11.1. The van der Waals surface area contributed by atoms with Crippen LogP contribution in [0.25, 0.3) is 10.2 Å². The number of sulfone groups is 1. The Bertz CT molecular complexity index is 1210. The summed E-state index contributed by atoms with van der Waals surface area (Å²) in [6.07, 6.45) is 4.86. The fourth-order valence-corrected chi connectivity index (χ4v) is 6.08. The maximum atomic E-state index is 12.4. The molecule has 1 aromatic carbocycles. The first-order valence-corrected chi connectivity index (χ1v) is 13.7. The molecule has 33 heavy (non-hydrogen) atoms. The lowest BCUT2D eigenvalue weighted by Crippen LogP contribution is -2.40. The number of nitrogens with zero attached hydrogens (tertiary/aromatic N) is 2. The highest BCUT2D eigenvalue weighted by atomic mass is 32.2. The molecule has 0 atom stereocenters. The van der Waals surface area contributed by atoms with Crippen LogP contribution in [0.5, 0.6) is 0 Å². The Labute approximate surface area is 196 Å². The van der Waals surface area contributed by atoms with E-state index >= 15 is 0 Å². The smallest absolute Gasteiger partial charge is 0.338 e. The number of amides is 2. The molecule has 11 heteroatoms. The second kappa shape index (κ2) is 11.1. The topological polar surface area (TPSA) is 124 Å². The molecular weight excluding hydrogens is 466 g/mol. The lowest BCUT2D eigenvalue weighted by molar-refractivity contribution is -0.119. The largest absolute Gasteiger partial charge is 0.462 e. The highest BCUT2D eigenvalue weighted by molar-refractivity contribution is 7.92. The van der Waals surface area contributed by atoms with E-state index in [0.717, 1.165) is 42.3 Å². The maximum absolute atomic E-state index is 12.4. The average molecular weight is 496 g/mol. The van der Waals surface area contributed by atoms with Gasteiger partial charge in [0.1, 0.15) is 11.5 Å². The van der Waals surface area contributed by atoms with E-state index in [4.69, 9.17) is 4.74 Å². The Balaban J connectivity index is 1.74. The Morgan fingerprint density at radius 2 is 1.88 bits per heavy atom. The minimum atomic E-state index is -3.95. The minimum Gasteiger partial charge on any atom is -0.462 e. The van der Waals surface area contributed by atoms with Crippen molar-refractivity contribution in [2.75, 3.05) is 18.1 Å². The van der Waals surface area contributed by atoms with E-state index in [9.17, 15) is 22.8 Å². The van der Waals surface area contributed by atoms with Gasteiger partial charge in [0.2, 0.25) is 5.91 Å². The van der Waals surface area contributed by atoms with Crippen molar-refractivity contribution in [2.24, 2.45) is 4.99 Å². The molecule has 0 radical (unpaired) electrons. The number of ether oxygens (including phenoxy) is 1. The fourth-order valence-electron chi connectivity index (χ4n) is 3.90. The van der Waals surface area contributed by atoms with Crippen molar-refractivity contribution >= 4 is 49.2 Å². The Morgan fingerprint density at radius 3 is 2.55 bits per heavy atom. The molecule has 1 aliphatic carbocycles. The second-order valence-corrected chi connectivity index (χ2v) is 11.0. The van der Waals surface area contributed by atoms with Crippen LogP contribution in [0.4, 0.5) is 0 Å². The van der Waals surface area contributed by atoms with Gasteiger partial charge in [-0.1, -0.05) is 30.6 Å². The van der Waals surface area contributed by atoms with Crippen molar-refractivity contribution in [1.82, 2.24) is 9.88 Å². The molecule has 0 unspecified atom stereocenters. The molecule has 2 aromatic rings. The molecule has 0 bridgehead atoms. The van der Waals surface area contributed by atoms with Crippen LogP contribution in [-0.2, 0) is 30.7 Å². The molecule has 1 saturated carbocycles. The average Bonchev–Trinajstić information content (AvgIpc) is 3.09. The van der Waals surface area contributed by atoms with Gasteiger partial charge < -0.3 is 14.6 Å². The Hall–Kier alpha value is -2.53. The van der Waals surface area contributed by atoms with Crippen molar-refractivity contribution in [3.05, 3.63) is 28.6 Å². The summed E-state index contributed by atoms with van der Waals surface area (Å²) in [5, 5.41) is 2.76. The van der Waals surface area contributed by atoms with Crippen LogP contribution in [0.2, 0.25) is 0 Å². The molecule has 1 aliphatic rings. The molecule has 180 valence electrons. The SMILES string of the molecule is CCOC(=O)c1ccc2c(c1)sc(=NC(=O)CS(=O)(=O)CC(=O)NC1CCCCC1)n2CC. The third kappa shape index (κ3) is 6.73. The van der Waals surface area contributed by atoms with Crippen molar-refractivity contribution < 1.29 is 27.5 Å². The lowest BCUT2D eigenvalue weighted by Gasteiger charge is -2.22. The van der Waals surface area contributed by atoms with Gasteiger partial charge in [-0.25, -0.2) is 13.2 Å². The minimum absolute atomic E-state index is 0.00315. The summed E-state index contributed by atoms with van der Waals surface area (Å²) >= 11 is 1.18. The molecule has 9 nitrogen and oxygen atoms in total. The number of thiazole rings is 1. The van der Waals surface area contributed by atoms with Crippen molar-refractivity contribution in [2.45, 2.75) is 58.5 Å². The summed E-state index contributed by atoms with van der Waals surface area (Å²) in [6, 6.07) is 5.06. The van der Waals surface area contributed by atoms with Crippen LogP contribution >= 0.6 is 11.3 Å². The normalized spacial score (nSPS) is 15.5. The van der Waals surface area contributed by atoms with Gasteiger partial charge in [-0.15, -0.1) is 0 Å². The van der Waals surface area contributed by atoms with Crippen LogP contribution in [0.3, 0.4) is 0 Å². The molecule has 0 aliphatic heterocycles. The van der Waals surface area contributed by atoms with E-state index in [1.54, 1.807) is 29.7 Å². The summed E-state index contributed by atoms with van der Waals surface area (Å²) in [4.78, 5) is 40.9. The van der Waals surface area contributed by atoms with E-state index in [2.05, 4.69) is 10.3 Å². The van der Waals surface area contributed by atoms with Gasteiger partial charge in [0.05, 0.1) is 22.4 Å². The van der Waals surface area contributed by atoms with E-state index in [1.807, 2.05) is 6.92 Å². The number of esters is 1. The highest BCUT2D eigenvalue weighted by Crippen LogP contribution is 2.20. The number of rotatable bonds is 8. The van der Waals surface area contributed by atoms with E-state index < -0.39 is 39.1 Å². The number of hydrogen-bond donors (Lipinski definition) is 1. The van der Waals surface area contributed by atoms with Crippen LogP contribution in [0.15, 0.2) is 23.2 Å². The van der Waals surface area contributed by atoms with E-state index in [-0.39, 0.29) is 12.6 Å². The molecule has 1 aromatic heterocycles. The summed E-state index contributed by atoms with van der Waals surface area (Å²) < 4.78 is 32.3. The highest BCUT2D eigenvalue weighted by Gasteiger charge is 2.23. The number of aromatic nitrogens is 1. The maximum Gasteiger partial charge on any atom is 0.338 e. The molecule has 0 spiro atoms. The molecule has 3 rings (SSSR count). The number of carbonyl (C=O) groups is 3. The summed E-state index contributed by atoms with van der Waals surface area (Å²) in [6.45, 7) is 4.37. The monoisotopic (exact) mass is 495 g/mol. The van der Waals surface area contributed by atoms with Gasteiger partial charge in [0, 0.05) is 12.6 Å². The van der Waals surface area contributed by atoms with Crippen LogP contribution in [-0.4, -0.2) is 54.9 Å². The number of hydrogen-bond acceptors (Lipinski definition) is 7. The van der Waals surface area contributed by atoms with Crippen LogP contribution in [0.1, 0.15) is 56.3 Å². The van der Waals surface area contributed by atoms with Gasteiger partial charge >= 0.3 is 5.97 Å². The molecule has 1 heterocycles. The zero-order chi connectivity index (χ0) is 24.0. The third-order valence-electron chi connectivity index (χ3n) is 5.40. The van der Waals surface area contributed by atoms with Gasteiger partial charge in [0.15, 0.2) is 14.6 Å². The Morgan fingerprint density at radius 1 is 1.15 bits per heavy atom. The quantitative estimate of drug-likeness (QED) is 0.560. The second-order valence-electron chi connectivity index (χ2n) is 7.97. The summed E-state index contributed by atoms with van der Waals surface area (Å²) in [5.41, 5.74) is 1.16. The number of benzene rings is 1. The lowest BCUT2D eigenvalue weighted by atomic mass is 9.95. The first-order chi connectivity index (χ1) is 15.7. The summed E-state index contributed by atoms with van der Waals surface area (Å²) in [5.74, 6) is -3.42. The van der Waals surface area contributed by atoms with Crippen molar-refractivity contribution in [3.63, 3.8) is 0 Å². The van der Waals surface area contributed by atoms with E-state index in [0.29, 0.717) is 16.9 Å². The predicted molar refractivity (Wildman–Crippen MR) is 126 cm³/mol. The van der Waals surface area contributed by atoms with E-state index in [1.165, 1.54) is 11.3 Å². The zero-order valence-corrected chi connectivity index (χ0v) is 20.5. The number of nitrogens with one attached hydrogen (secondary N) is 1. The molecule has 0 saturated heterocycles. The number of aryl methyl sites for hydroxylation is 1. The molecular formula is C22H29N3O6S2. The van der Waals surface area contributed by atoms with Crippen molar-refractivity contribution in [3.8, 4) is 0 Å². The molecule has 1 N–H and O–H groups in total. The molecule has 2 amide bonds. The van der Waals surface area contributed by atoms with Gasteiger partial charge in [-0.2, -0.15) is 4.99 Å². The van der Waals surface area contributed by atoms with Crippen molar-refractivity contribution in [1.29, 1.82) is 0 Å².